The van der Waals surface area contributed by atoms with E-state index >= 15 is 0 Å². The summed E-state index contributed by atoms with van der Waals surface area (Å²) >= 11 is 7.44. The van der Waals surface area contributed by atoms with E-state index in [1.54, 1.807) is 23.4 Å². The second-order valence-electron chi connectivity index (χ2n) is 5.84. The van der Waals surface area contributed by atoms with Gasteiger partial charge in [-0.2, -0.15) is 4.98 Å². The van der Waals surface area contributed by atoms with Crippen LogP contribution >= 0.6 is 23.4 Å². The summed E-state index contributed by atoms with van der Waals surface area (Å²) in [5.41, 5.74) is 2.46. The molecule has 0 saturated heterocycles. The average molecular weight is 399 g/mol. The molecule has 4 rings (SSSR count). The van der Waals surface area contributed by atoms with Crippen LogP contribution in [0.5, 0.6) is 0 Å². The molecule has 0 N–H and O–H groups in total. The Balaban J connectivity index is 1.43. The van der Waals surface area contributed by atoms with E-state index in [0.29, 0.717) is 23.5 Å². The van der Waals surface area contributed by atoms with Crippen LogP contribution in [0.1, 0.15) is 22.5 Å². The van der Waals surface area contributed by atoms with Crippen molar-refractivity contribution in [3.05, 3.63) is 71.3 Å². The van der Waals surface area contributed by atoms with Gasteiger partial charge in [0.2, 0.25) is 0 Å². The highest BCUT2D eigenvalue weighted by atomic mass is 35.5. The van der Waals surface area contributed by atoms with Gasteiger partial charge < -0.3 is 9.32 Å². The lowest BCUT2D eigenvalue weighted by Crippen LogP contribution is -2.34. The van der Waals surface area contributed by atoms with E-state index in [9.17, 15) is 4.79 Å². The van der Waals surface area contributed by atoms with Gasteiger partial charge in [0.15, 0.2) is 10.9 Å². The number of carbonyl (C=O) groups excluding carboxylic acids is 1. The SMILES string of the molecule is O=C(c1coc(Sc2ncccn2)n1)N1CC=C(c2ccccc2Cl)CC1. The molecule has 136 valence electrons. The highest BCUT2D eigenvalue weighted by molar-refractivity contribution is 7.98. The molecule has 3 heterocycles. The van der Waals surface area contributed by atoms with Gasteiger partial charge in [-0.05, 0) is 29.7 Å². The van der Waals surface area contributed by atoms with Crippen molar-refractivity contribution in [3.8, 4) is 0 Å². The van der Waals surface area contributed by atoms with Crippen LogP contribution in [-0.2, 0) is 0 Å². The summed E-state index contributed by atoms with van der Waals surface area (Å²) in [6.45, 7) is 1.11. The van der Waals surface area contributed by atoms with Crippen LogP contribution in [0, 0.1) is 0 Å². The number of oxazole rings is 1. The van der Waals surface area contributed by atoms with Crippen molar-refractivity contribution in [2.24, 2.45) is 0 Å². The second kappa shape index (κ2) is 7.94. The minimum absolute atomic E-state index is 0.158. The lowest BCUT2D eigenvalue weighted by Gasteiger charge is -2.26. The molecule has 0 saturated carbocycles. The molecule has 0 unspecified atom stereocenters. The smallest absolute Gasteiger partial charge is 0.276 e. The van der Waals surface area contributed by atoms with E-state index in [4.69, 9.17) is 16.0 Å². The highest BCUT2D eigenvalue weighted by Gasteiger charge is 2.23. The van der Waals surface area contributed by atoms with Crippen molar-refractivity contribution in [1.29, 1.82) is 0 Å². The molecule has 0 bridgehead atoms. The lowest BCUT2D eigenvalue weighted by atomic mass is 9.99. The third-order valence-electron chi connectivity index (χ3n) is 4.14. The predicted octanol–water partition coefficient (Wildman–Crippen LogP) is 4.20. The Morgan fingerprint density at radius 2 is 2.00 bits per heavy atom. The highest BCUT2D eigenvalue weighted by Crippen LogP contribution is 2.29. The number of nitrogens with zero attached hydrogens (tertiary/aromatic N) is 4. The van der Waals surface area contributed by atoms with Crippen LogP contribution in [0.2, 0.25) is 5.02 Å². The number of rotatable bonds is 4. The van der Waals surface area contributed by atoms with E-state index < -0.39 is 0 Å². The normalized spacial score (nSPS) is 14.1. The standard InChI is InChI=1S/C19H15ClN4O2S/c20-15-5-2-1-4-14(15)13-6-10-24(11-7-13)17(25)16-12-26-19(23-16)27-18-21-8-3-9-22-18/h1-6,8-9,12H,7,10-11H2. The van der Waals surface area contributed by atoms with Crippen molar-refractivity contribution >= 4 is 34.8 Å². The molecular formula is C19H15ClN4O2S. The van der Waals surface area contributed by atoms with E-state index in [1.165, 1.54) is 18.0 Å². The zero-order valence-electron chi connectivity index (χ0n) is 14.2. The molecule has 0 spiro atoms. The van der Waals surface area contributed by atoms with E-state index in [1.807, 2.05) is 30.3 Å². The monoisotopic (exact) mass is 398 g/mol. The van der Waals surface area contributed by atoms with E-state index in [-0.39, 0.29) is 11.6 Å². The maximum Gasteiger partial charge on any atom is 0.276 e. The first-order valence-electron chi connectivity index (χ1n) is 8.34. The number of halogens is 1. The largest absolute Gasteiger partial charge is 0.439 e. The lowest BCUT2D eigenvalue weighted by molar-refractivity contribution is 0.0767. The fourth-order valence-corrected chi connectivity index (χ4v) is 3.68. The third-order valence-corrected chi connectivity index (χ3v) is 5.22. The molecule has 0 fully saturated rings. The predicted molar refractivity (Wildman–Crippen MR) is 103 cm³/mol. The maximum absolute atomic E-state index is 12.7. The van der Waals surface area contributed by atoms with Gasteiger partial charge >= 0.3 is 0 Å². The summed E-state index contributed by atoms with van der Waals surface area (Å²) in [7, 11) is 0. The van der Waals surface area contributed by atoms with Gasteiger partial charge in [-0.25, -0.2) is 9.97 Å². The molecule has 27 heavy (non-hydrogen) atoms. The quantitative estimate of drug-likeness (QED) is 0.613. The van der Waals surface area contributed by atoms with Gasteiger partial charge in [-0.15, -0.1) is 0 Å². The number of aromatic nitrogens is 3. The Morgan fingerprint density at radius 3 is 2.74 bits per heavy atom. The van der Waals surface area contributed by atoms with E-state index in [2.05, 4.69) is 15.0 Å². The summed E-state index contributed by atoms with van der Waals surface area (Å²) in [6, 6.07) is 9.48. The molecule has 8 heteroatoms. The summed E-state index contributed by atoms with van der Waals surface area (Å²) < 4.78 is 5.38. The Morgan fingerprint density at radius 1 is 1.19 bits per heavy atom. The van der Waals surface area contributed by atoms with Crippen molar-refractivity contribution in [3.63, 3.8) is 0 Å². The third kappa shape index (κ3) is 4.04. The molecule has 0 aliphatic carbocycles. The maximum atomic E-state index is 12.7. The first kappa shape index (κ1) is 17.8. The summed E-state index contributed by atoms with van der Waals surface area (Å²) in [5, 5.41) is 1.59. The number of benzene rings is 1. The van der Waals surface area contributed by atoms with Crippen LogP contribution in [0.15, 0.2) is 69.9 Å². The number of hydrogen-bond donors (Lipinski definition) is 0. The summed E-state index contributed by atoms with van der Waals surface area (Å²) in [6.07, 6.45) is 7.44. The number of hydrogen-bond acceptors (Lipinski definition) is 6. The van der Waals surface area contributed by atoms with Crippen LogP contribution in [0.25, 0.3) is 5.57 Å². The van der Waals surface area contributed by atoms with Gasteiger partial charge in [0, 0.05) is 42.3 Å². The Hall–Kier alpha value is -2.64. The molecule has 1 aliphatic rings. The van der Waals surface area contributed by atoms with Gasteiger partial charge in [0.25, 0.3) is 11.1 Å². The minimum Gasteiger partial charge on any atom is -0.439 e. The van der Waals surface area contributed by atoms with Crippen LogP contribution in [0.3, 0.4) is 0 Å². The topological polar surface area (TPSA) is 72.1 Å². The van der Waals surface area contributed by atoms with Gasteiger partial charge in [-0.1, -0.05) is 35.9 Å². The van der Waals surface area contributed by atoms with Crippen molar-refractivity contribution in [2.45, 2.75) is 16.8 Å². The van der Waals surface area contributed by atoms with Crippen LogP contribution in [-0.4, -0.2) is 38.8 Å². The Labute approximate surface area is 165 Å². The molecule has 1 amide bonds. The average Bonchev–Trinajstić information content (AvgIpc) is 3.17. The van der Waals surface area contributed by atoms with Crippen LogP contribution < -0.4 is 0 Å². The van der Waals surface area contributed by atoms with Gasteiger partial charge in [0.1, 0.15) is 6.26 Å². The molecular weight excluding hydrogens is 384 g/mol. The van der Waals surface area contributed by atoms with E-state index in [0.717, 1.165) is 22.6 Å². The fraction of sp³-hybridized carbons (Fsp3) is 0.158. The summed E-state index contributed by atoms with van der Waals surface area (Å²) in [4.78, 5) is 26.9. The zero-order chi connectivity index (χ0) is 18.6. The van der Waals surface area contributed by atoms with Gasteiger partial charge in [0.05, 0.1) is 0 Å². The van der Waals surface area contributed by atoms with Gasteiger partial charge in [-0.3, -0.25) is 4.79 Å². The molecule has 1 aromatic carbocycles. The Kier molecular flexibility index (Phi) is 5.22. The molecule has 0 atom stereocenters. The van der Waals surface area contributed by atoms with Crippen LogP contribution in [0.4, 0.5) is 0 Å². The number of amides is 1. The summed E-state index contributed by atoms with van der Waals surface area (Å²) in [5.74, 6) is -0.158. The Bertz CT molecular complexity index is 990. The van der Waals surface area contributed by atoms with Crippen molar-refractivity contribution in [2.75, 3.05) is 13.1 Å². The van der Waals surface area contributed by atoms with Crippen molar-refractivity contribution < 1.29 is 9.21 Å². The molecule has 6 nitrogen and oxygen atoms in total. The fourth-order valence-electron chi connectivity index (χ4n) is 2.80. The first-order chi connectivity index (χ1) is 13.2. The molecule has 2 aromatic heterocycles. The number of carbonyl (C=O) groups is 1. The molecule has 1 aliphatic heterocycles. The molecule has 3 aromatic rings. The minimum atomic E-state index is -0.158. The zero-order valence-corrected chi connectivity index (χ0v) is 15.8. The second-order valence-corrected chi connectivity index (χ2v) is 7.17. The first-order valence-corrected chi connectivity index (χ1v) is 9.54. The molecule has 0 radical (unpaired) electrons. The van der Waals surface area contributed by atoms with Crippen molar-refractivity contribution in [1.82, 2.24) is 19.9 Å².